The van der Waals surface area contributed by atoms with Crippen molar-refractivity contribution < 1.29 is 17.6 Å². The van der Waals surface area contributed by atoms with Crippen LogP contribution in [0.3, 0.4) is 0 Å². The van der Waals surface area contributed by atoms with Crippen molar-refractivity contribution in [3.8, 4) is 0 Å². The van der Waals surface area contributed by atoms with E-state index in [1.807, 2.05) is 18.2 Å². The Balaban J connectivity index is 1.47. The van der Waals surface area contributed by atoms with Crippen LogP contribution in [0.4, 0.5) is 0 Å². The molecule has 1 atom stereocenters. The zero-order valence-electron chi connectivity index (χ0n) is 13.1. The van der Waals surface area contributed by atoms with Gasteiger partial charge in [-0.15, -0.1) is 10.2 Å². The van der Waals surface area contributed by atoms with Gasteiger partial charge in [-0.2, -0.15) is 0 Å². The van der Waals surface area contributed by atoms with E-state index in [2.05, 4.69) is 15.5 Å². The van der Waals surface area contributed by atoms with Crippen LogP contribution in [0, 0.1) is 0 Å². The van der Waals surface area contributed by atoms with Gasteiger partial charge in [0, 0.05) is 11.6 Å². The number of nitrogens with zero attached hydrogens (tertiary/aromatic N) is 2. The number of hydrogen-bond donors (Lipinski definition) is 1. The van der Waals surface area contributed by atoms with E-state index in [1.54, 1.807) is 6.07 Å². The molecule has 7 nitrogen and oxygen atoms in total. The molecule has 1 fully saturated rings. The van der Waals surface area contributed by atoms with E-state index in [0.29, 0.717) is 23.9 Å². The Morgan fingerprint density at radius 1 is 1.36 bits per heavy atom. The maximum absolute atomic E-state index is 11.9. The van der Waals surface area contributed by atoms with Gasteiger partial charge in [0.1, 0.15) is 0 Å². The van der Waals surface area contributed by atoms with E-state index in [1.165, 1.54) is 0 Å². The van der Waals surface area contributed by atoms with Gasteiger partial charge in [-0.3, -0.25) is 4.79 Å². The minimum Gasteiger partial charge on any atom is -0.416 e. The normalized spacial score (nSPS) is 19.0. The summed E-state index contributed by atoms with van der Waals surface area (Å²) in [5.74, 6) is 0.189. The van der Waals surface area contributed by atoms with Crippen LogP contribution in [0.5, 0.6) is 0 Å². The van der Waals surface area contributed by atoms with Gasteiger partial charge >= 0.3 is 0 Å². The number of nitrogens with one attached hydrogen (secondary N) is 1. The van der Waals surface area contributed by atoms with Crippen LogP contribution in [-0.2, 0) is 21.2 Å². The Kier molecular flexibility index (Phi) is 5.65. The number of carbonyl (C=O) groups excluding carboxylic acids is 1. The predicted molar refractivity (Wildman–Crippen MR) is 94.3 cm³/mol. The Hall–Kier alpha value is -1.58. The van der Waals surface area contributed by atoms with Gasteiger partial charge in [-0.1, -0.05) is 41.6 Å². The number of aromatic nitrogens is 2. The van der Waals surface area contributed by atoms with Crippen molar-refractivity contribution >= 4 is 39.1 Å². The van der Waals surface area contributed by atoms with Crippen molar-refractivity contribution in [1.82, 2.24) is 15.5 Å². The number of thioether (sulfide) groups is 1. The fourth-order valence-corrected chi connectivity index (χ4v) is 4.98. The van der Waals surface area contributed by atoms with E-state index in [4.69, 9.17) is 16.0 Å². The van der Waals surface area contributed by atoms with E-state index < -0.39 is 9.84 Å². The molecular formula is C15H16ClN3O4S2. The first kappa shape index (κ1) is 18.2. The van der Waals surface area contributed by atoms with Gasteiger partial charge in [0.25, 0.3) is 5.22 Å². The Morgan fingerprint density at radius 3 is 2.88 bits per heavy atom. The van der Waals surface area contributed by atoms with Crippen LogP contribution in [0.15, 0.2) is 33.9 Å². The molecule has 2 aromatic rings. The van der Waals surface area contributed by atoms with Gasteiger partial charge in [-0.05, 0) is 18.1 Å². The lowest BCUT2D eigenvalue weighted by atomic mass is 10.1. The summed E-state index contributed by atoms with van der Waals surface area (Å²) in [6, 6.07) is 7.29. The standard InChI is InChI=1S/C15H16ClN3O4S2/c16-12-4-2-1-3-10(12)7-17-13(20)8-24-15-19-18-14(23-15)11-5-6-25(21,22)9-11/h1-4,11H,5-9H2,(H,17,20)/t11-/m1/s1. The van der Waals surface area contributed by atoms with Crippen molar-refractivity contribution in [2.45, 2.75) is 24.1 Å². The van der Waals surface area contributed by atoms with Gasteiger partial charge in [0.15, 0.2) is 9.84 Å². The smallest absolute Gasteiger partial charge is 0.277 e. The summed E-state index contributed by atoms with van der Waals surface area (Å²) >= 11 is 7.15. The van der Waals surface area contributed by atoms with Crippen LogP contribution in [0.1, 0.15) is 23.8 Å². The third kappa shape index (κ3) is 4.96. The minimum atomic E-state index is -3.01. The Labute approximate surface area is 154 Å². The SMILES string of the molecule is O=C(CSc1nnc([C@@H]2CCS(=O)(=O)C2)o1)NCc1ccccc1Cl. The summed E-state index contributed by atoms with van der Waals surface area (Å²) in [4.78, 5) is 11.9. The molecule has 0 saturated carbocycles. The third-order valence-electron chi connectivity index (χ3n) is 3.76. The third-order valence-corrected chi connectivity index (χ3v) is 6.72. The van der Waals surface area contributed by atoms with Crippen molar-refractivity contribution in [1.29, 1.82) is 0 Å². The van der Waals surface area contributed by atoms with E-state index in [9.17, 15) is 13.2 Å². The number of amides is 1. The molecule has 1 aliphatic rings. The Bertz CT molecular complexity index is 869. The zero-order valence-corrected chi connectivity index (χ0v) is 15.5. The molecule has 1 amide bonds. The lowest BCUT2D eigenvalue weighted by Crippen LogP contribution is -2.24. The second-order valence-electron chi connectivity index (χ2n) is 5.66. The van der Waals surface area contributed by atoms with Crippen LogP contribution >= 0.6 is 23.4 Å². The van der Waals surface area contributed by atoms with Crippen molar-refractivity contribution in [2.75, 3.05) is 17.3 Å². The molecule has 2 heterocycles. The highest BCUT2D eigenvalue weighted by Gasteiger charge is 2.32. The summed E-state index contributed by atoms with van der Waals surface area (Å²) in [5, 5.41) is 11.4. The van der Waals surface area contributed by atoms with Crippen molar-refractivity contribution in [3.05, 3.63) is 40.7 Å². The molecule has 1 aromatic carbocycles. The van der Waals surface area contributed by atoms with E-state index in [-0.39, 0.29) is 34.3 Å². The highest BCUT2D eigenvalue weighted by molar-refractivity contribution is 7.99. The molecule has 134 valence electrons. The average Bonchev–Trinajstić information content (AvgIpc) is 3.18. The fraction of sp³-hybridized carbons (Fsp3) is 0.400. The lowest BCUT2D eigenvalue weighted by Gasteiger charge is -2.05. The summed E-state index contributed by atoms with van der Waals surface area (Å²) in [6.45, 7) is 0.341. The number of benzene rings is 1. The largest absolute Gasteiger partial charge is 0.416 e. The molecule has 0 spiro atoms. The molecule has 1 aliphatic heterocycles. The summed E-state index contributed by atoms with van der Waals surface area (Å²) in [7, 11) is -3.01. The quantitative estimate of drug-likeness (QED) is 0.738. The van der Waals surface area contributed by atoms with Gasteiger partial charge in [0.05, 0.1) is 23.2 Å². The van der Waals surface area contributed by atoms with Gasteiger partial charge in [0.2, 0.25) is 11.8 Å². The van der Waals surface area contributed by atoms with Crippen LogP contribution in [0.2, 0.25) is 5.02 Å². The first-order chi connectivity index (χ1) is 11.9. The summed E-state index contributed by atoms with van der Waals surface area (Å²) in [5.41, 5.74) is 0.838. The second-order valence-corrected chi connectivity index (χ2v) is 9.23. The number of sulfone groups is 1. The molecule has 0 bridgehead atoms. The fourth-order valence-electron chi connectivity index (χ4n) is 2.45. The molecule has 3 rings (SSSR count). The maximum Gasteiger partial charge on any atom is 0.277 e. The zero-order chi connectivity index (χ0) is 17.9. The van der Waals surface area contributed by atoms with E-state index in [0.717, 1.165) is 17.3 Å². The molecule has 1 aromatic heterocycles. The van der Waals surface area contributed by atoms with Gasteiger partial charge < -0.3 is 9.73 Å². The lowest BCUT2D eigenvalue weighted by molar-refractivity contribution is -0.118. The molecule has 10 heteroatoms. The summed E-state index contributed by atoms with van der Waals surface area (Å²) in [6.07, 6.45) is 0.493. The molecule has 1 N–H and O–H groups in total. The highest BCUT2D eigenvalue weighted by Crippen LogP contribution is 2.29. The maximum atomic E-state index is 11.9. The minimum absolute atomic E-state index is 0.0393. The molecule has 0 aliphatic carbocycles. The molecule has 25 heavy (non-hydrogen) atoms. The first-order valence-electron chi connectivity index (χ1n) is 7.60. The van der Waals surface area contributed by atoms with Crippen LogP contribution in [-0.4, -0.2) is 41.8 Å². The number of halogens is 1. The Morgan fingerprint density at radius 2 is 2.16 bits per heavy atom. The second kappa shape index (κ2) is 7.76. The monoisotopic (exact) mass is 401 g/mol. The first-order valence-corrected chi connectivity index (χ1v) is 10.8. The predicted octanol–water partition coefficient (Wildman–Crippen LogP) is 2.03. The van der Waals surface area contributed by atoms with Gasteiger partial charge in [-0.25, -0.2) is 8.42 Å². The van der Waals surface area contributed by atoms with E-state index >= 15 is 0 Å². The molecule has 1 saturated heterocycles. The number of carbonyl (C=O) groups is 1. The topological polar surface area (TPSA) is 102 Å². The van der Waals surface area contributed by atoms with Crippen molar-refractivity contribution in [3.63, 3.8) is 0 Å². The van der Waals surface area contributed by atoms with Crippen LogP contribution in [0.25, 0.3) is 0 Å². The van der Waals surface area contributed by atoms with Crippen molar-refractivity contribution in [2.24, 2.45) is 0 Å². The summed E-state index contributed by atoms with van der Waals surface area (Å²) < 4.78 is 28.5. The molecular weight excluding hydrogens is 386 g/mol. The molecule has 0 unspecified atom stereocenters. The number of hydrogen-bond acceptors (Lipinski definition) is 7. The molecule has 0 radical (unpaired) electrons. The van der Waals surface area contributed by atoms with Crippen LogP contribution < -0.4 is 5.32 Å². The number of rotatable bonds is 6. The average molecular weight is 402 g/mol. The highest BCUT2D eigenvalue weighted by atomic mass is 35.5.